The van der Waals surface area contributed by atoms with Gasteiger partial charge in [0.1, 0.15) is 18.1 Å². The molecule has 0 aliphatic heterocycles. The Morgan fingerprint density at radius 3 is 2.40 bits per heavy atom. The first-order valence-corrected chi connectivity index (χ1v) is 6.06. The topological polar surface area (TPSA) is 68.2 Å². The Bertz CT molecular complexity index is 545. The smallest absolute Gasteiger partial charge is 0.509 e. The summed E-state index contributed by atoms with van der Waals surface area (Å²) in [5.74, 6) is 1.20. The van der Waals surface area contributed by atoms with Crippen LogP contribution in [0.25, 0.3) is 0 Å². The molecule has 0 heterocycles. The van der Waals surface area contributed by atoms with E-state index in [1.807, 2.05) is 30.3 Å². The van der Waals surface area contributed by atoms with E-state index in [1.165, 1.54) is 7.11 Å². The molecule has 0 saturated carbocycles. The standard InChI is InChI=1S/C14H15BO5/c1-18-12-7-8-13(20-15(16)17)14(9-12)19-10-11-5-3-2-4-6-11/h2-9,16-17H,10H2,1H3. The second kappa shape index (κ2) is 6.84. The van der Waals surface area contributed by atoms with E-state index in [2.05, 4.69) is 0 Å². The summed E-state index contributed by atoms with van der Waals surface area (Å²) in [6, 6.07) is 14.4. The number of methoxy groups -OCH3 is 1. The van der Waals surface area contributed by atoms with Crippen molar-refractivity contribution in [1.29, 1.82) is 0 Å². The van der Waals surface area contributed by atoms with Crippen LogP contribution in [0.3, 0.4) is 0 Å². The maximum atomic E-state index is 8.89. The molecule has 0 radical (unpaired) electrons. The van der Waals surface area contributed by atoms with E-state index in [9.17, 15) is 0 Å². The highest BCUT2D eigenvalue weighted by atomic mass is 16.6. The summed E-state index contributed by atoms with van der Waals surface area (Å²) in [4.78, 5) is 0. The first-order valence-electron chi connectivity index (χ1n) is 6.06. The van der Waals surface area contributed by atoms with Crippen LogP contribution in [0.1, 0.15) is 5.56 Å². The zero-order valence-corrected chi connectivity index (χ0v) is 11.0. The Hall–Kier alpha value is -2.18. The van der Waals surface area contributed by atoms with E-state index in [4.69, 9.17) is 24.2 Å². The molecule has 0 fully saturated rings. The minimum atomic E-state index is -1.90. The Labute approximate surface area is 117 Å². The van der Waals surface area contributed by atoms with Gasteiger partial charge in [-0.3, -0.25) is 0 Å². The second-order valence-electron chi connectivity index (χ2n) is 4.03. The minimum absolute atomic E-state index is 0.233. The van der Waals surface area contributed by atoms with Gasteiger partial charge in [0, 0.05) is 6.07 Å². The molecule has 5 nitrogen and oxygen atoms in total. The second-order valence-corrected chi connectivity index (χ2v) is 4.03. The number of benzene rings is 2. The number of rotatable bonds is 6. The lowest BCUT2D eigenvalue weighted by Crippen LogP contribution is -2.21. The average Bonchev–Trinajstić information content (AvgIpc) is 2.47. The molecule has 0 bridgehead atoms. The van der Waals surface area contributed by atoms with Gasteiger partial charge < -0.3 is 24.2 Å². The predicted molar refractivity (Wildman–Crippen MR) is 74.6 cm³/mol. The average molecular weight is 274 g/mol. The van der Waals surface area contributed by atoms with Crippen molar-refractivity contribution in [3.8, 4) is 17.2 Å². The van der Waals surface area contributed by atoms with Crippen molar-refractivity contribution < 1.29 is 24.2 Å². The largest absolute Gasteiger partial charge is 0.707 e. The minimum Gasteiger partial charge on any atom is -0.509 e. The van der Waals surface area contributed by atoms with Gasteiger partial charge in [0.2, 0.25) is 0 Å². The fourth-order valence-corrected chi connectivity index (χ4v) is 1.67. The number of hydrogen-bond donors (Lipinski definition) is 2. The zero-order chi connectivity index (χ0) is 14.4. The molecule has 0 atom stereocenters. The first-order chi connectivity index (χ1) is 9.69. The van der Waals surface area contributed by atoms with Crippen molar-refractivity contribution in [2.24, 2.45) is 0 Å². The van der Waals surface area contributed by atoms with Crippen molar-refractivity contribution >= 4 is 7.32 Å². The van der Waals surface area contributed by atoms with E-state index in [0.29, 0.717) is 18.1 Å². The fraction of sp³-hybridized carbons (Fsp3) is 0.143. The summed E-state index contributed by atoms with van der Waals surface area (Å²) in [5, 5.41) is 17.8. The van der Waals surface area contributed by atoms with Crippen LogP contribution < -0.4 is 14.1 Å². The Kier molecular flexibility index (Phi) is 4.87. The van der Waals surface area contributed by atoms with Crippen LogP contribution >= 0.6 is 0 Å². The molecule has 0 aromatic heterocycles. The van der Waals surface area contributed by atoms with Crippen LogP contribution in [-0.2, 0) is 6.61 Å². The van der Waals surface area contributed by atoms with E-state index >= 15 is 0 Å². The van der Waals surface area contributed by atoms with Gasteiger partial charge in [-0.15, -0.1) is 0 Å². The van der Waals surface area contributed by atoms with Crippen molar-refractivity contribution in [1.82, 2.24) is 0 Å². The van der Waals surface area contributed by atoms with Crippen molar-refractivity contribution in [3.05, 3.63) is 54.1 Å². The van der Waals surface area contributed by atoms with E-state index in [1.54, 1.807) is 18.2 Å². The van der Waals surface area contributed by atoms with Gasteiger partial charge in [-0.1, -0.05) is 30.3 Å². The van der Waals surface area contributed by atoms with Crippen LogP contribution in [0.4, 0.5) is 0 Å². The third-order valence-corrected chi connectivity index (χ3v) is 2.62. The van der Waals surface area contributed by atoms with E-state index in [-0.39, 0.29) is 5.75 Å². The molecular weight excluding hydrogens is 259 g/mol. The SMILES string of the molecule is COc1ccc(OB(O)O)c(OCc2ccccc2)c1. The normalized spacial score (nSPS) is 9.95. The van der Waals surface area contributed by atoms with Gasteiger partial charge in [-0.05, 0) is 17.7 Å². The molecule has 20 heavy (non-hydrogen) atoms. The summed E-state index contributed by atoms with van der Waals surface area (Å²) in [6.45, 7) is 0.339. The van der Waals surface area contributed by atoms with Gasteiger partial charge in [0.25, 0.3) is 0 Å². The Morgan fingerprint density at radius 1 is 1.00 bits per heavy atom. The van der Waals surface area contributed by atoms with Crippen molar-refractivity contribution in [2.75, 3.05) is 7.11 Å². The van der Waals surface area contributed by atoms with Crippen LogP contribution in [0.5, 0.6) is 17.2 Å². The monoisotopic (exact) mass is 274 g/mol. The molecule has 0 aliphatic carbocycles. The molecule has 0 aliphatic rings. The molecule has 2 aromatic rings. The van der Waals surface area contributed by atoms with Crippen LogP contribution in [0, 0.1) is 0 Å². The van der Waals surface area contributed by atoms with Gasteiger partial charge >= 0.3 is 7.32 Å². The molecule has 0 amide bonds. The zero-order valence-electron chi connectivity index (χ0n) is 11.0. The van der Waals surface area contributed by atoms with E-state index in [0.717, 1.165) is 5.56 Å². The summed E-state index contributed by atoms with van der Waals surface area (Å²) in [7, 11) is -0.361. The maximum Gasteiger partial charge on any atom is 0.707 e. The first kappa shape index (κ1) is 14.2. The lowest BCUT2D eigenvalue weighted by atomic mass is 10.2. The fourth-order valence-electron chi connectivity index (χ4n) is 1.67. The highest BCUT2D eigenvalue weighted by molar-refractivity contribution is 6.33. The summed E-state index contributed by atoms with van der Waals surface area (Å²) >= 11 is 0. The van der Waals surface area contributed by atoms with Crippen LogP contribution in [0.2, 0.25) is 0 Å². The molecular formula is C14H15BO5. The molecule has 104 valence electrons. The highest BCUT2D eigenvalue weighted by Gasteiger charge is 2.16. The van der Waals surface area contributed by atoms with Gasteiger partial charge in [0.05, 0.1) is 7.11 Å². The van der Waals surface area contributed by atoms with Crippen LogP contribution in [-0.4, -0.2) is 24.5 Å². The lowest BCUT2D eigenvalue weighted by Gasteiger charge is -2.13. The molecule has 6 heteroatoms. The van der Waals surface area contributed by atoms with Crippen molar-refractivity contribution in [3.63, 3.8) is 0 Å². The van der Waals surface area contributed by atoms with Gasteiger partial charge in [-0.25, -0.2) is 0 Å². The quantitative estimate of drug-likeness (QED) is 0.783. The molecule has 0 saturated heterocycles. The molecule has 2 N–H and O–H groups in total. The summed E-state index contributed by atoms with van der Waals surface area (Å²) < 4.78 is 15.6. The Balaban J connectivity index is 2.15. The molecule has 2 aromatic carbocycles. The summed E-state index contributed by atoms with van der Waals surface area (Å²) in [5.41, 5.74) is 0.991. The molecule has 0 spiro atoms. The van der Waals surface area contributed by atoms with E-state index < -0.39 is 7.32 Å². The van der Waals surface area contributed by atoms with Gasteiger partial charge in [0.15, 0.2) is 5.75 Å². The third kappa shape index (κ3) is 3.91. The summed E-state index contributed by atoms with van der Waals surface area (Å²) in [6.07, 6.45) is 0. The molecule has 0 unspecified atom stereocenters. The molecule has 2 rings (SSSR count). The number of ether oxygens (including phenoxy) is 2. The predicted octanol–water partition coefficient (Wildman–Crippen LogP) is 1.62. The maximum absolute atomic E-state index is 8.89. The Morgan fingerprint density at radius 2 is 1.75 bits per heavy atom. The lowest BCUT2D eigenvalue weighted by molar-refractivity contribution is 0.261. The highest BCUT2D eigenvalue weighted by Crippen LogP contribution is 2.32. The third-order valence-electron chi connectivity index (χ3n) is 2.62. The van der Waals surface area contributed by atoms with Crippen molar-refractivity contribution in [2.45, 2.75) is 6.61 Å². The van der Waals surface area contributed by atoms with Gasteiger partial charge in [-0.2, -0.15) is 0 Å². The number of hydrogen-bond acceptors (Lipinski definition) is 5. The van der Waals surface area contributed by atoms with Crippen LogP contribution in [0.15, 0.2) is 48.5 Å².